The third-order valence-electron chi connectivity index (χ3n) is 3.49. The molecule has 1 aliphatic rings. The van der Waals surface area contributed by atoms with Crippen LogP contribution in [-0.4, -0.2) is 34.0 Å². The second-order valence-electron chi connectivity index (χ2n) is 5.32. The Morgan fingerprint density at radius 1 is 0.741 bits per heavy atom. The molecule has 3 rings (SSSR count). The van der Waals surface area contributed by atoms with Crippen LogP contribution in [0.25, 0.3) is 0 Å². The first-order valence-electron chi connectivity index (χ1n) is 7.43. The summed E-state index contributed by atoms with van der Waals surface area (Å²) in [6.07, 6.45) is -2.32. The van der Waals surface area contributed by atoms with Crippen LogP contribution in [-0.2, 0) is 14.3 Å². The van der Waals surface area contributed by atoms with Crippen LogP contribution >= 0.6 is 0 Å². The molecular weight excluding hydrogens is 364 g/mol. The van der Waals surface area contributed by atoms with Crippen LogP contribution in [0.4, 0.5) is 11.4 Å². The Bertz CT molecular complexity index is 833. The van der Waals surface area contributed by atoms with E-state index in [0.717, 1.165) is 24.3 Å². The van der Waals surface area contributed by atoms with Gasteiger partial charge in [0.15, 0.2) is 12.2 Å². The number of epoxide rings is 1. The van der Waals surface area contributed by atoms with E-state index in [4.69, 9.17) is 14.2 Å². The highest BCUT2D eigenvalue weighted by Crippen LogP contribution is 2.28. The highest BCUT2D eigenvalue weighted by Gasteiger charge is 2.53. The minimum absolute atomic E-state index is 0.0589. The molecule has 138 valence electrons. The molecular formula is C16H10N2O9. The Kier molecular flexibility index (Phi) is 4.77. The molecule has 11 heteroatoms. The van der Waals surface area contributed by atoms with Gasteiger partial charge in [0, 0.05) is 24.3 Å². The van der Waals surface area contributed by atoms with Crippen molar-refractivity contribution in [3.63, 3.8) is 0 Å². The molecule has 0 bridgehead atoms. The number of rotatable bonds is 6. The zero-order valence-corrected chi connectivity index (χ0v) is 13.3. The first-order chi connectivity index (χ1) is 12.8. The maximum Gasteiger partial charge on any atom is 0.344 e. The van der Waals surface area contributed by atoms with E-state index in [1.54, 1.807) is 0 Å². The Balaban J connectivity index is 1.53. The highest BCUT2D eigenvalue weighted by atomic mass is 16.7. The number of nitro groups is 2. The lowest BCUT2D eigenvalue weighted by atomic mass is 10.3. The first-order valence-corrected chi connectivity index (χ1v) is 7.43. The lowest BCUT2D eigenvalue weighted by Crippen LogP contribution is -2.23. The molecule has 0 amide bonds. The lowest BCUT2D eigenvalue weighted by Gasteiger charge is -2.03. The van der Waals surface area contributed by atoms with E-state index in [0.29, 0.717) is 0 Å². The summed E-state index contributed by atoms with van der Waals surface area (Å²) in [5.74, 6) is -1.59. The molecule has 0 saturated carbocycles. The molecule has 1 aliphatic heterocycles. The third-order valence-corrected chi connectivity index (χ3v) is 3.49. The summed E-state index contributed by atoms with van der Waals surface area (Å²) in [4.78, 5) is 43.8. The van der Waals surface area contributed by atoms with Gasteiger partial charge in [-0.3, -0.25) is 20.2 Å². The van der Waals surface area contributed by atoms with Crippen molar-refractivity contribution in [3.8, 4) is 11.5 Å². The molecule has 0 aromatic heterocycles. The maximum atomic E-state index is 11.9. The van der Waals surface area contributed by atoms with Gasteiger partial charge in [-0.2, -0.15) is 0 Å². The minimum atomic E-state index is -1.16. The Hall–Kier alpha value is -3.86. The van der Waals surface area contributed by atoms with Gasteiger partial charge in [-0.25, -0.2) is 9.59 Å². The van der Waals surface area contributed by atoms with Crippen molar-refractivity contribution in [1.29, 1.82) is 0 Å². The van der Waals surface area contributed by atoms with Gasteiger partial charge >= 0.3 is 11.9 Å². The number of esters is 2. The SMILES string of the molecule is O=C(Oc1ccc([N+](=O)[O-])cc1)[C@H]1O[C@@H]1C(=O)Oc1ccc([N+](=O)[O-])cc1. The molecule has 0 aliphatic carbocycles. The summed E-state index contributed by atoms with van der Waals surface area (Å²) in [5.41, 5.74) is -0.330. The summed E-state index contributed by atoms with van der Waals surface area (Å²) >= 11 is 0. The van der Waals surface area contributed by atoms with Crippen LogP contribution in [0.15, 0.2) is 48.5 Å². The molecule has 1 saturated heterocycles. The number of benzene rings is 2. The number of non-ortho nitro benzene ring substituents is 2. The monoisotopic (exact) mass is 374 g/mol. The van der Waals surface area contributed by atoms with Gasteiger partial charge < -0.3 is 14.2 Å². The number of carbonyl (C=O) groups excluding carboxylic acids is 2. The fourth-order valence-corrected chi connectivity index (χ4v) is 2.09. The molecule has 0 N–H and O–H groups in total. The molecule has 1 heterocycles. The standard InChI is InChI=1S/C16H10N2O9/c19-15(25-11-5-1-9(2-6-11)17(21)22)13-14(27-13)16(20)26-12-7-3-10(4-8-12)18(23)24/h1-8,13-14H/t13-,14-/m0/s1. The maximum absolute atomic E-state index is 11.9. The summed E-state index contributed by atoms with van der Waals surface area (Å²) in [7, 11) is 0. The van der Waals surface area contributed by atoms with Crippen molar-refractivity contribution in [2.75, 3.05) is 0 Å². The molecule has 11 nitrogen and oxygen atoms in total. The van der Waals surface area contributed by atoms with Crippen LogP contribution in [0, 0.1) is 20.2 Å². The number of carbonyl (C=O) groups is 2. The van der Waals surface area contributed by atoms with Crippen LogP contribution in [0.3, 0.4) is 0 Å². The number of hydrogen-bond donors (Lipinski definition) is 0. The van der Waals surface area contributed by atoms with Crippen LogP contribution in [0.2, 0.25) is 0 Å². The van der Waals surface area contributed by atoms with E-state index in [1.807, 2.05) is 0 Å². The third kappa shape index (κ3) is 4.22. The van der Waals surface area contributed by atoms with E-state index >= 15 is 0 Å². The van der Waals surface area contributed by atoms with Gasteiger partial charge in [0.25, 0.3) is 11.4 Å². The topological polar surface area (TPSA) is 151 Å². The summed E-state index contributed by atoms with van der Waals surface area (Å²) in [6, 6.07) is 9.61. The van der Waals surface area contributed by atoms with Gasteiger partial charge in [0.2, 0.25) is 0 Å². The number of hydrogen-bond acceptors (Lipinski definition) is 9. The van der Waals surface area contributed by atoms with Crippen molar-refractivity contribution >= 4 is 23.3 Å². The second kappa shape index (κ2) is 7.17. The Morgan fingerprint density at radius 3 is 1.37 bits per heavy atom. The number of nitrogens with zero attached hydrogens (tertiary/aromatic N) is 2. The predicted octanol–water partition coefficient (Wildman–Crippen LogP) is 1.78. The fourth-order valence-electron chi connectivity index (χ4n) is 2.09. The fraction of sp³-hybridized carbons (Fsp3) is 0.125. The smallest absolute Gasteiger partial charge is 0.344 e. The lowest BCUT2D eigenvalue weighted by molar-refractivity contribution is -0.385. The van der Waals surface area contributed by atoms with Crippen molar-refractivity contribution < 1.29 is 33.6 Å². The van der Waals surface area contributed by atoms with Gasteiger partial charge in [-0.05, 0) is 24.3 Å². The summed E-state index contributed by atoms with van der Waals surface area (Å²) in [6.45, 7) is 0. The molecule has 27 heavy (non-hydrogen) atoms. The van der Waals surface area contributed by atoms with Crippen LogP contribution < -0.4 is 9.47 Å². The molecule has 0 spiro atoms. The number of nitro benzene ring substituents is 2. The van der Waals surface area contributed by atoms with Gasteiger partial charge in [-0.1, -0.05) is 0 Å². The Labute approximate surface area is 150 Å². The van der Waals surface area contributed by atoms with Gasteiger partial charge in [0.1, 0.15) is 11.5 Å². The molecule has 1 fully saturated rings. The van der Waals surface area contributed by atoms with E-state index in [9.17, 15) is 29.8 Å². The van der Waals surface area contributed by atoms with Crippen molar-refractivity contribution in [2.45, 2.75) is 12.2 Å². The van der Waals surface area contributed by atoms with Crippen molar-refractivity contribution in [1.82, 2.24) is 0 Å². The number of ether oxygens (including phenoxy) is 3. The average Bonchev–Trinajstić information content (AvgIpc) is 3.43. The van der Waals surface area contributed by atoms with Gasteiger partial charge in [0.05, 0.1) is 9.85 Å². The summed E-state index contributed by atoms with van der Waals surface area (Å²) < 4.78 is 14.9. The predicted molar refractivity (Wildman–Crippen MR) is 86.1 cm³/mol. The van der Waals surface area contributed by atoms with Crippen LogP contribution in [0.5, 0.6) is 11.5 Å². The van der Waals surface area contributed by atoms with E-state index in [-0.39, 0.29) is 22.9 Å². The second-order valence-corrected chi connectivity index (χ2v) is 5.32. The minimum Gasteiger partial charge on any atom is -0.425 e. The summed E-state index contributed by atoms with van der Waals surface area (Å²) in [5, 5.41) is 21.1. The van der Waals surface area contributed by atoms with Crippen molar-refractivity contribution in [2.24, 2.45) is 0 Å². The Morgan fingerprint density at radius 2 is 1.07 bits per heavy atom. The highest BCUT2D eigenvalue weighted by molar-refractivity contribution is 5.91. The zero-order valence-electron chi connectivity index (χ0n) is 13.3. The molecule has 0 unspecified atom stereocenters. The van der Waals surface area contributed by atoms with Crippen molar-refractivity contribution in [3.05, 3.63) is 68.8 Å². The quantitative estimate of drug-likeness (QED) is 0.242. The average molecular weight is 374 g/mol. The normalized spacial score (nSPS) is 17.6. The van der Waals surface area contributed by atoms with E-state index in [1.165, 1.54) is 24.3 Å². The van der Waals surface area contributed by atoms with E-state index in [2.05, 4.69) is 0 Å². The first kappa shape index (κ1) is 17.9. The molecule has 2 aromatic rings. The molecule has 2 atom stereocenters. The largest absolute Gasteiger partial charge is 0.425 e. The zero-order chi connectivity index (χ0) is 19.6. The van der Waals surface area contributed by atoms with E-state index < -0.39 is 34.0 Å². The molecule has 0 radical (unpaired) electrons. The van der Waals surface area contributed by atoms with Gasteiger partial charge in [-0.15, -0.1) is 0 Å². The van der Waals surface area contributed by atoms with Crippen LogP contribution in [0.1, 0.15) is 0 Å². The molecule has 2 aromatic carbocycles.